The number of hydrogen-bond donors (Lipinski definition) is 0. The van der Waals surface area contributed by atoms with E-state index in [9.17, 15) is 14.0 Å². The number of amides is 1. The van der Waals surface area contributed by atoms with Crippen LogP contribution in [0.1, 0.15) is 35.3 Å². The first kappa shape index (κ1) is 17.8. The molecule has 130 valence electrons. The van der Waals surface area contributed by atoms with Gasteiger partial charge in [-0.3, -0.25) is 4.79 Å². The van der Waals surface area contributed by atoms with Crippen molar-refractivity contribution >= 4 is 40.2 Å². The zero-order valence-corrected chi connectivity index (χ0v) is 16.3. The molecule has 0 saturated carbocycles. The van der Waals surface area contributed by atoms with Gasteiger partial charge >= 0.3 is 5.97 Å². The molecule has 1 amide bonds. The molecule has 0 N–H and O–H groups in total. The van der Waals surface area contributed by atoms with Crippen LogP contribution in [0, 0.1) is 9.39 Å². The number of halogens is 2. The van der Waals surface area contributed by atoms with Crippen molar-refractivity contribution in [3.05, 3.63) is 62.5 Å². The van der Waals surface area contributed by atoms with E-state index in [0.29, 0.717) is 16.8 Å². The number of ether oxygens (including phenoxy) is 1. The lowest BCUT2D eigenvalue weighted by Crippen LogP contribution is -2.36. The van der Waals surface area contributed by atoms with Crippen molar-refractivity contribution in [1.29, 1.82) is 0 Å². The molecule has 1 aliphatic heterocycles. The summed E-state index contributed by atoms with van der Waals surface area (Å²) in [5.41, 5.74) is 1.53. The Morgan fingerprint density at radius 1 is 1.28 bits per heavy atom. The third-order valence-corrected chi connectivity index (χ3v) is 5.32. The van der Waals surface area contributed by atoms with E-state index in [1.165, 1.54) is 13.2 Å². The summed E-state index contributed by atoms with van der Waals surface area (Å²) in [7, 11) is 1.31. The summed E-state index contributed by atoms with van der Waals surface area (Å²) in [5, 5.41) is 0. The van der Waals surface area contributed by atoms with E-state index in [-0.39, 0.29) is 18.3 Å². The normalized spacial score (nSPS) is 15.2. The maximum atomic E-state index is 14.1. The van der Waals surface area contributed by atoms with E-state index >= 15 is 0 Å². The van der Waals surface area contributed by atoms with Crippen LogP contribution in [0.5, 0.6) is 0 Å². The third kappa shape index (κ3) is 2.92. The Bertz CT molecular complexity index is 879. The molecule has 2 aromatic rings. The second-order valence-corrected chi connectivity index (χ2v) is 7.61. The number of nitrogens with zero attached hydrogens (tertiary/aromatic N) is 1. The summed E-state index contributed by atoms with van der Waals surface area (Å²) in [5.74, 6) is -0.949. The number of anilines is 1. The predicted octanol–water partition coefficient (Wildman–Crippen LogP) is 4.04. The van der Waals surface area contributed by atoms with Crippen molar-refractivity contribution in [2.75, 3.05) is 12.0 Å². The molecular weight excluding hydrogens is 436 g/mol. The fourth-order valence-corrected chi connectivity index (χ4v) is 4.45. The van der Waals surface area contributed by atoms with Crippen molar-refractivity contribution in [3.63, 3.8) is 0 Å². The molecule has 0 fully saturated rings. The highest BCUT2D eigenvalue weighted by atomic mass is 127. The molecule has 0 unspecified atom stereocenters. The first-order valence-corrected chi connectivity index (χ1v) is 8.83. The maximum absolute atomic E-state index is 14.1. The number of esters is 1. The Labute approximate surface area is 159 Å². The SMILES string of the molecule is COC(=O)c1cc(I)c2c(c1)N(Cc1ccccc1F)C(=O)C2(C)C. The van der Waals surface area contributed by atoms with Gasteiger partial charge in [0, 0.05) is 14.7 Å². The zero-order valence-electron chi connectivity index (χ0n) is 14.1. The molecular formula is C19H17FINO3. The van der Waals surface area contributed by atoms with Crippen LogP contribution in [0.15, 0.2) is 36.4 Å². The molecule has 1 heterocycles. The molecule has 0 aromatic heterocycles. The van der Waals surface area contributed by atoms with Crippen LogP contribution in [-0.2, 0) is 21.5 Å². The lowest BCUT2D eigenvalue weighted by molar-refractivity contribution is -0.122. The maximum Gasteiger partial charge on any atom is 0.337 e. The monoisotopic (exact) mass is 453 g/mol. The summed E-state index contributed by atoms with van der Waals surface area (Å²) in [6, 6.07) is 9.74. The Morgan fingerprint density at radius 3 is 2.60 bits per heavy atom. The number of benzene rings is 2. The molecule has 0 aliphatic carbocycles. The Hall–Kier alpha value is -1.96. The van der Waals surface area contributed by atoms with Crippen LogP contribution in [0.4, 0.5) is 10.1 Å². The van der Waals surface area contributed by atoms with Crippen LogP contribution in [0.2, 0.25) is 0 Å². The van der Waals surface area contributed by atoms with Gasteiger partial charge in [0.1, 0.15) is 5.82 Å². The van der Waals surface area contributed by atoms with Crippen molar-refractivity contribution in [3.8, 4) is 0 Å². The second-order valence-electron chi connectivity index (χ2n) is 6.45. The van der Waals surface area contributed by atoms with Gasteiger partial charge in [0.25, 0.3) is 0 Å². The number of carbonyl (C=O) groups excluding carboxylic acids is 2. The average molecular weight is 453 g/mol. The van der Waals surface area contributed by atoms with Crippen molar-refractivity contribution in [2.24, 2.45) is 0 Å². The quantitative estimate of drug-likeness (QED) is 0.521. The van der Waals surface area contributed by atoms with Crippen molar-refractivity contribution in [2.45, 2.75) is 25.8 Å². The molecule has 0 saturated heterocycles. The molecule has 25 heavy (non-hydrogen) atoms. The lowest BCUT2D eigenvalue weighted by atomic mass is 9.86. The molecule has 4 nitrogen and oxygen atoms in total. The molecule has 1 aliphatic rings. The van der Waals surface area contributed by atoms with Gasteiger partial charge in [-0.1, -0.05) is 18.2 Å². The minimum atomic E-state index is -0.744. The summed E-state index contributed by atoms with van der Waals surface area (Å²) < 4.78 is 19.7. The van der Waals surface area contributed by atoms with E-state index in [0.717, 1.165) is 9.13 Å². The summed E-state index contributed by atoms with van der Waals surface area (Å²) in [4.78, 5) is 26.5. The molecule has 0 atom stereocenters. The topological polar surface area (TPSA) is 46.6 Å². The molecule has 0 bridgehead atoms. The largest absolute Gasteiger partial charge is 0.465 e. The average Bonchev–Trinajstić information content (AvgIpc) is 2.76. The first-order chi connectivity index (χ1) is 11.8. The van der Waals surface area contributed by atoms with Gasteiger partial charge in [-0.15, -0.1) is 0 Å². The number of hydrogen-bond acceptors (Lipinski definition) is 3. The predicted molar refractivity (Wildman–Crippen MR) is 101 cm³/mol. The second kappa shape index (κ2) is 6.40. The minimum absolute atomic E-state index is 0.114. The highest BCUT2D eigenvalue weighted by molar-refractivity contribution is 14.1. The van der Waals surface area contributed by atoms with Crippen LogP contribution in [0.3, 0.4) is 0 Å². The Kier molecular flexibility index (Phi) is 4.57. The zero-order chi connectivity index (χ0) is 18.4. The van der Waals surface area contributed by atoms with Crippen molar-refractivity contribution in [1.82, 2.24) is 0 Å². The Balaban J connectivity index is 2.14. The fourth-order valence-electron chi connectivity index (χ4n) is 3.17. The summed E-state index contributed by atoms with van der Waals surface area (Å²) in [6.07, 6.45) is 0. The van der Waals surface area contributed by atoms with E-state index < -0.39 is 11.4 Å². The standard InChI is InChI=1S/C19H17FINO3/c1-19(2)16-14(21)8-12(17(23)25-3)9-15(16)22(18(19)24)10-11-6-4-5-7-13(11)20/h4-9H,10H2,1-3H3. The Morgan fingerprint density at radius 2 is 1.96 bits per heavy atom. The molecule has 0 spiro atoms. The fraction of sp³-hybridized carbons (Fsp3) is 0.263. The molecule has 2 aromatic carbocycles. The molecule has 0 radical (unpaired) electrons. The van der Waals surface area contributed by atoms with E-state index in [2.05, 4.69) is 22.6 Å². The highest BCUT2D eigenvalue weighted by Gasteiger charge is 2.45. The van der Waals surface area contributed by atoms with Gasteiger partial charge in [-0.05, 0) is 54.6 Å². The number of rotatable bonds is 3. The first-order valence-electron chi connectivity index (χ1n) is 7.75. The van der Waals surface area contributed by atoms with Gasteiger partial charge in [0.2, 0.25) is 5.91 Å². The van der Waals surface area contributed by atoms with Gasteiger partial charge in [0.15, 0.2) is 0 Å². The van der Waals surface area contributed by atoms with Crippen LogP contribution < -0.4 is 4.90 Å². The van der Waals surface area contributed by atoms with E-state index in [1.807, 2.05) is 13.8 Å². The summed E-state index contributed by atoms with van der Waals surface area (Å²) in [6.45, 7) is 3.80. The van der Waals surface area contributed by atoms with Gasteiger partial charge < -0.3 is 9.64 Å². The van der Waals surface area contributed by atoms with Crippen LogP contribution in [0.25, 0.3) is 0 Å². The smallest absolute Gasteiger partial charge is 0.337 e. The highest BCUT2D eigenvalue weighted by Crippen LogP contribution is 2.45. The van der Waals surface area contributed by atoms with Gasteiger partial charge in [-0.25, -0.2) is 9.18 Å². The molecule has 3 rings (SSSR count). The van der Waals surface area contributed by atoms with Gasteiger partial charge in [0.05, 0.1) is 30.3 Å². The summed E-state index contributed by atoms with van der Waals surface area (Å²) >= 11 is 2.12. The number of fused-ring (bicyclic) bond motifs is 1. The van der Waals surface area contributed by atoms with E-state index in [1.54, 1.807) is 35.2 Å². The number of methoxy groups -OCH3 is 1. The van der Waals surface area contributed by atoms with Crippen LogP contribution in [-0.4, -0.2) is 19.0 Å². The number of carbonyl (C=O) groups is 2. The lowest BCUT2D eigenvalue weighted by Gasteiger charge is -2.20. The minimum Gasteiger partial charge on any atom is -0.465 e. The molecule has 6 heteroatoms. The third-order valence-electron chi connectivity index (χ3n) is 4.47. The van der Waals surface area contributed by atoms with Crippen molar-refractivity contribution < 1.29 is 18.7 Å². The van der Waals surface area contributed by atoms with Gasteiger partial charge in [-0.2, -0.15) is 0 Å². The van der Waals surface area contributed by atoms with Crippen LogP contribution >= 0.6 is 22.6 Å². The van der Waals surface area contributed by atoms with E-state index in [4.69, 9.17) is 4.74 Å².